The lowest BCUT2D eigenvalue weighted by Gasteiger charge is -2.07. The monoisotopic (exact) mass is 296 g/mol. The van der Waals surface area contributed by atoms with Crippen LogP contribution in [0.25, 0.3) is 10.9 Å². The smallest absolute Gasteiger partial charge is 0.337 e. The number of carboxylic acid groups (broad SMARTS) is 1. The Kier molecular flexibility index (Phi) is 3.58. The second-order valence-electron chi connectivity index (χ2n) is 4.57. The Morgan fingerprint density at radius 1 is 1.19 bits per heavy atom. The summed E-state index contributed by atoms with van der Waals surface area (Å²) in [5.74, 6) is -0.968. The van der Waals surface area contributed by atoms with E-state index in [2.05, 4.69) is 9.97 Å². The molecule has 21 heavy (non-hydrogen) atoms. The topological polar surface area (TPSA) is 63.1 Å². The van der Waals surface area contributed by atoms with Crippen LogP contribution in [0.4, 0.5) is 0 Å². The zero-order valence-corrected chi connectivity index (χ0v) is 12.1. The Morgan fingerprint density at radius 2 is 2.00 bits per heavy atom. The van der Waals surface area contributed by atoms with E-state index in [1.54, 1.807) is 12.1 Å². The molecule has 0 aliphatic heterocycles. The van der Waals surface area contributed by atoms with E-state index in [1.807, 2.05) is 37.3 Å². The second-order valence-corrected chi connectivity index (χ2v) is 5.63. The molecular weight excluding hydrogens is 284 g/mol. The molecule has 0 spiro atoms. The number of aromatic nitrogens is 2. The fourth-order valence-corrected chi connectivity index (χ4v) is 3.01. The number of hydrogen-bond acceptors (Lipinski definition) is 4. The first-order valence-electron chi connectivity index (χ1n) is 6.37. The molecule has 0 saturated heterocycles. The average Bonchev–Trinajstić information content (AvgIpc) is 2.47. The first kappa shape index (κ1) is 13.6. The molecular formula is C16H12N2O2S. The van der Waals surface area contributed by atoms with Crippen molar-refractivity contribution < 1.29 is 9.90 Å². The van der Waals surface area contributed by atoms with Crippen molar-refractivity contribution in [2.24, 2.45) is 0 Å². The first-order valence-corrected chi connectivity index (χ1v) is 7.19. The van der Waals surface area contributed by atoms with Crippen LogP contribution >= 0.6 is 11.8 Å². The summed E-state index contributed by atoms with van der Waals surface area (Å²) in [5.41, 5.74) is 2.08. The second kappa shape index (κ2) is 5.54. The van der Waals surface area contributed by atoms with E-state index in [-0.39, 0.29) is 5.56 Å². The van der Waals surface area contributed by atoms with Crippen molar-refractivity contribution in [3.05, 3.63) is 59.9 Å². The molecule has 4 nitrogen and oxygen atoms in total. The van der Waals surface area contributed by atoms with Gasteiger partial charge in [0.05, 0.1) is 11.1 Å². The molecule has 0 aliphatic carbocycles. The summed E-state index contributed by atoms with van der Waals surface area (Å²) >= 11 is 1.51. The molecule has 2 aromatic heterocycles. The molecule has 0 amide bonds. The number of pyridine rings is 2. The third-order valence-electron chi connectivity index (χ3n) is 3.00. The van der Waals surface area contributed by atoms with Gasteiger partial charge < -0.3 is 5.11 Å². The molecule has 1 N–H and O–H groups in total. The van der Waals surface area contributed by atoms with E-state index >= 15 is 0 Å². The number of nitrogens with zero attached hydrogens (tertiary/aromatic N) is 2. The average molecular weight is 296 g/mol. The van der Waals surface area contributed by atoms with Gasteiger partial charge in [0.15, 0.2) is 0 Å². The number of aryl methyl sites for hydroxylation is 1. The van der Waals surface area contributed by atoms with Gasteiger partial charge >= 0.3 is 5.97 Å². The summed E-state index contributed by atoms with van der Waals surface area (Å²) in [6.07, 6.45) is 1.38. The highest BCUT2D eigenvalue weighted by Gasteiger charge is 2.08. The number of aromatic carboxylic acids is 1. The van der Waals surface area contributed by atoms with Gasteiger partial charge in [0.25, 0.3) is 0 Å². The zero-order valence-electron chi connectivity index (χ0n) is 11.3. The maximum absolute atomic E-state index is 10.8. The summed E-state index contributed by atoms with van der Waals surface area (Å²) < 4.78 is 0. The fraction of sp³-hybridized carbons (Fsp3) is 0.0625. The van der Waals surface area contributed by atoms with Crippen LogP contribution in [-0.2, 0) is 0 Å². The summed E-state index contributed by atoms with van der Waals surface area (Å²) in [7, 11) is 0. The highest BCUT2D eigenvalue weighted by molar-refractivity contribution is 7.99. The van der Waals surface area contributed by atoms with Gasteiger partial charge in [-0.05, 0) is 31.2 Å². The molecule has 0 radical (unpaired) electrons. The van der Waals surface area contributed by atoms with E-state index in [1.165, 1.54) is 18.0 Å². The van der Waals surface area contributed by atoms with E-state index < -0.39 is 5.97 Å². The van der Waals surface area contributed by atoms with Crippen LogP contribution in [0.2, 0.25) is 0 Å². The Balaban J connectivity index is 1.99. The summed E-state index contributed by atoms with van der Waals surface area (Å²) in [6.45, 7) is 1.96. The van der Waals surface area contributed by atoms with E-state index in [0.717, 1.165) is 26.5 Å². The van der Waals surface area contributed by atoms with Crippen LogP contribution in [-0.4, -0.2) is 21.0 Å². The van der Waals surface area contributed by atoms with Crippen molar-refractivity contribution in [3.63, 3.8) is 0 Å². The van der Waals surface area contributed by atoms with Crippen molar-refractivity contribution in [3.8, 4) is 0 Å². The first-order chi connectivity index (χ1) is 10.1. The van der Waals surface area contributed by atoms with E-state index in [0.29, 0.717) is 0 Å². The maximum atomic E-state index is 10.8. The number of carbonyl (C=O) groups is 1. The Hall–Kier alpha value is -2.40. The molecule has 2 heterocycles. The van der Waals surface area contributed by atoms with Gasteiger partial charge in [-0.2, -0.15) is 0 Å². The van der Waals surface area contributed by atoms with Gasteiger partial charge in [-0.25, -0.2) is 9.78 Å². The number of carboxylic acids is 1. The van der Waals surface area contributed by atoms with Crippen LogP contribution in [0, 0.1) is 6.92 Å². The van der Waals surface area contributed by atoms with Crippen molar-refractivity contribution in [1.29, 1.82) is 0 Å². The van der Waals surface area contributed by atoms with Gasteiger partial charge in [-0.1, -0.05) is 30.0 Å². The van der Waals surface area contributed by atoms with Crippen LogP contribution < -0.4 is 0 Å². The van der Waals surface area contributed by atoms with Gasteiger partial charge in [0, 0.05) is 22.2 Å². The standard InChI is InChI=1S/C16H12N2O2S/c1-10-8-14(12-4-2-3-5-13(12)18-10)21-15-7-6-11(9-17-15)16(19)20/h2-9H,1H3,(H,19,20). The molecule has 1 aromatic carbocycles. The normalized spacial score (nSPS) is 10.7. The lowest BCUT2D eigenvalue weighted by Crippen LogP contribution is -1.96. The van der Waals surface area contributed by atoms with Crippen LogP contribution in [0.15, 0.2) is 58.6 Å². The largest absolute Gasteiger partial charge is 0.478 e. The molecule has 0 unspecified atom stereocenters. The highest BCUT2D eigenvalue weighted by Crippen LogP contribution is 2.32. The quantitative estimate of drug-likeness (QED) is 0.796. The zero-order chi connectivity index (χ0) is 14.8. The number of rotatable bonds is 3. The minimum atomic E-state index is -0.968. The molecule has 0 aliphatic rings. The molecule has 0 bridgehead atoms. The molecule has 3 rings (SSSR count). The third-order valence-corrected chi connectivity index (χ3v) is 4.01. The van der Waals surface area contributed by atoms with Crippen molar-refractivity contribution in [1.82, 2.24) is 9.97 Å². The Bertz CT molecular complexity index is 816. The van der Waals surface area contributed by atoms with Gasteiger partial charge in [-0.15, -0.1) is 0 Å². The fourth-order valence-electron chi connectivity index (χ4n) is 2.03. The number of benzene rings is 1. The molecule has 0 fully saturated rings. The summed E-state index contributed by atoms with van der Waals surface area (Å²) in [4.78, 5) is 20.6. The van der Waals surface area contributed by atoms with E-state index in [9.17, 15) is 4.79 Å². The Labute approximate surface area is 125 Å². The van der Waals surface area contributed by atoms with Crippen LogP contribution in [0.3, 0.4) is 0 Å². The Morgan fingerprint density at radius 3 is 2.71 bits per heavy atom. The van der Waals surface area contributed by atoms with Gasteiger partial charge in [0.2, 0.25) is 0 Å². The maximum Gasteiger partial charge on any atom is 0.337 e. The minimum Gasteiger partial charge on any atom is -0.478 e. The summed E-state index contributed by atoms with van der Waals surface area (Å²) in [6, 6.07) is 13.2. The minimum absolute atomic E-state index is 0.190. The third kappa shape index (κ3) is 2.87. The molecule has 0 atom stereocenters. The van der Waals surface area contributed by atoms with Gasteiger partial charge in [0.1, 0.15) is 5.03 Å². The van der Waals surface area contributed by atoms with Crippen LogP contribution in [0.1, 0.15) is 16.1 Å². The number of hydrogen-bond donors (Lipinski definition) is 1. The lowest BCUT2D eigenvalue weighted by atomic mass is 10.2. The predicted octanol–water partition coefficient (Wildman–Crippen LogP) is 3.79. The van der Waals surface area contributed by atoms with Crippen LogP contribution in [0.5, 0.6) is 0 Å². The molecule has 3 aromatic rings. The van der Waals surface area contributed by atoms with Gasteiger partial charge in [-0.3, -0.25) is 4.98 Å². The predicted molar refractivity (Wildman–Crippen MR) is 81.8 cm³/mol. The molecule has 5 heteroatoms. The summed E-state index contributed by atoms with van der Waals surface area (Å²) in [5, 5.41) is 10.7. The SMILES string of the molecule is Cc1cc(Sc2ccc(C(=O)O)cn2)c2ccccc2n1. The highest BCUT2D eigenvalue weighted by atomic mass is 32.2. The molecule has 0 saturated carbocycles. The van der Waals surface area contributed by atoms with Crippen molar-refractivity contribution in [2.75, 3.05) is 0 Å². The number of fused-ring (bicyclic) bond motifs is 1. The number of para-hydroxylation sites is 1. The van der Waals surface area contributed by atoms with E-state index in [4.69, 9.17) is 5.11 Å². The van der Waals surface area contributed by atoms with Crippen molar-refractivity contribution in [2.45, 2.75) is 16.8 Å². The van der Waals surface area contributed by atoms with Crippen molar-refractivity contribution >= 4 is 28.6 Å². The lowest BCUT2D eigenvalue weighted by molar-refractivity contribution is 0.0696. The molecule has 104 valence electrons.